The van der Waals surface area contributed by atoms with Crippen LogP contribution in [0.5, 0.6) is 0 Å². The van der Waals surface area contributed by atoms with Crippen LogP contribution < -0.4 is 5.32 Å². The Kier molecular flexibility index (Phi) is 5.27. The molecule has 1 amide bonds. The molecule has 27 heavy (non-hydrogen) atoms. The van der Waals surface area contributed by atoms with Crippen LogP contribution in [0, 0.1) is 13.8 Å². The maximum atomic E-state index is 12.8. The average Bonchev–Trinajstić information content (AvgIpc) is 3.25. The number of halogens is 3. The molecule has 1 fully saturated rings. The minimum Gasteiger partial charge on any atom is -0.361 e. The lowest BCUT2D eigenvalue weighted by molar-refractivity contribution is -0.146. The molecule has 0 bridgehead atoms. The Morgan fingerprint density at radius 3 is 2.78 bits per heavy atom. The molecule has 1 aliphatic rings. The Morgan fingerprint density at radius 1 is 1.41 bits per heavy atom. The van der Waals surface area contributed by atoms with Gasteiger partial charge in [-0.25, -0.2) is 4.98 Å². The standard InChI is InChI=1S/C17H22F3N5O2/c1-12-14(13(2)27-23-12)8-24-6-3-4-16(10-24,25-7-5-21-11-25)15(26)22-9-17(18,19)20/h5,7,11H,3-4,6,8-10H2,1-2H3,(H,22,26). The topological polar surface area (TPSA) is 76.2 Å². The first-order valence-electron chi connectivity index (χ1n) is 8.69. The van der Waals surface area contributed by atoms with Crippen LogP contribution in [0.3, 0.4) is 0 Å². The number of aryl methyl sites for hydroxylation is 2. The zero-order chi connectivity index (χ0) is 19.7. The Balaban J connectivity index is 1.83. The van der Waals surface area contributed by atoms with Crippen LogP contribution in [0.15, 0.2) is 23.2 Å². The van der Waals surface area contributed by atoms with E-state index >= 15 is 0 Å². The number of alkyl halides is 3. The highest BCUT2D eigenvalue weighted by molar-refractivity contribution is 5.85. The Bertz CT molecular complexity index is 768. The van der Waals surface area contributed by atoms with E-state index in [0.717, 1.165) is 17.8 Å². The number of nitrogens with zero attached hydrogens (tertiary/aromatic N) is 4. The van der Waals surface area contributed by atoms with Gasteiger partial charge in [-0.15, -0.1) is 0 Å². The summed E-state index contributed by atoms with van der Waals surface area (Å²) >= 11 is 0. The highest BCUT2D eigenvalue weighted by atomic mass is 19.4. The lowest BCUT2D eigenvalue weighted by Crippen LogP contribution is -2.58. The summed E-state index contributed by atoms with van der Waals surface area (Å²) in [6.45, 7) is 3.83. The molecular weight excluding hydrogens is 363 g/mol. The normalized spacial score (nSPS) is 21.4. The Morgan fingerprint density at radius 2 is 2.19 bits per heavy atom. The van der Waals surface area contributed by atoms with Gasteiger partial charge in [0, 0.05) is 31.0 Å². The molecule has 3 rings (SSSR count). The number of rotatable bonds is 5. The van der Waals surface area contributed by atoms with Crippen LogP contribution in [0.1, 0.15) is 29.9 Å². The van der Waals surface area contributed by atoms with Crippen LogP contribution in [0.25, 0.3) is 0 Å². The van der Waals surface area contributed by atoms with Gasteiger partial charge >= 0.3 is 6.18 Å². The molecule has 1 atom stereocenters. The molecule has 0 aromatic carbocycles. The smallest absolute Gasteiger partial charge is 0.361 e. The average molecular weight is 385 g/mol. The summed E-state index contributed by atoms with van der Waals surface area (Å²) in [6, 6.07) is 0. The minimum absolute atomic E-state index is 0.275. The summed E-state index contributed by atoms with van der Waals surface area (Å²) in [7, 11) is 0. The van der Waals surface area contributed by atoms with Crippen molar-refractivity contribution < 1.29 is 22.5 Å². The summed E-state index contributed by atoms with van der Waals surface area (Å²) in [6.07, 6.45) is 1.26. The van der Waals surface area contributed by atoms with Crippen molar-refractivity contribution in [2.75, 3.05) is 19.6 Å². The third kappa shape index (κ3) is 4.15. The van der Waals surface area contributed by atoms with Crippen LogP contribution in [-0.2, 0) is 16.9 Å². The second kappa shape index (κ2) is 7.34. The number of likely N-dealkylation sites (tertiary alicyclic amines) is 1. The SMILES string of the molecule is Cc1noc(C)c1CN1CCCC(C(=O)NCC(F)(F)F)(n2ccnc2)C1. The summed E-state index contributed by atoms with van der Waals surface area (Å²) < 4.78 is 44.6. The van der Waals surface area contributed by atoms with Crippen LogP contribution in [0.2, 0.25) is 0 Å². The summed E-state index contributed by atoms with van der Waals surface area (Å²) in [5, 5.41) is 5.99. The van der Waals surface area contributed by atoms with Gasteiger partial charge in [0.25, 0.3) is 0 Å². The molecule has 1 unspecified atom stereocenters. The van der Waals surface area contributed by atoms with E-state index in [0.29, 0.717) is 25.1 Å². The quantitative estimate of drug-likeness (QED) is 0.854. The van der Waals surface area contributed by atoms with Gasteiger partial charge in [-0.2, -0.15) is 13.2 Å². The van der Waals surface area contributed by atoms with E-state index in [4.69, 9.17) is 4.52 Å². The third-order valence-corrected chi connectivity index (χ3v) is 4.98. The number of aromatic nitrogens is 3. The molecule has 0 spiro atoms. The number of nitrogens with one attached hydrogen (secondary N) is 1. The van der Waals surface area contributed by atoms with Crippen molar-refractivity contribution in [3.05, 3.63) is 35.7 Å². The molecule has 10 heteroatoms. The zero-order valence-corrected chi connectivity index (χ0v) is 15.2. The fraction of sp³-hybridized carbons (Fsp3) is 0.588. The lowest BCUT2D eigenvalue weighted by Gasteiger charge is -2.42. The van der Waals surface area contributed by atoms with E-state index in [2.05, 4.69) is 15.5 Å². The van der Waals surface area contributed by atoms with Gasteiger partial charge in [-0.1, -0.05) is 5.16 Å². The van der Waals surface area contributed by atoms with Crippen molar-refractivity contribution in [2.24, 2.45) is 0 Å². The van der Waals surface area contributed by atoms with E-state index in [-0.39, 0.29) is 6.54 Å². The number of hydrogen-bond donors (Lipinski definition) is 1. The fourth-order valence-corrected chi connectivity index (χ4v) is 3.58. The first-order valence-corrected chi connectivity index (χ1v) is 8.69. The summed E-state index contributed by atoms with van der Waals surface area (Å²) in [4.78, 5) is 18.9. The molecular formula is C17H22F3N5O2. The first-order chi connectivity index (χ1) is 12.7. The molecule has 0 aliphatic carbocycles. The van der Waals surface area contributed by atoms with Crippen LogP contribution in [0.4, 0.5) is 13.2 Å². The predicted molar refractivity (Wildman–Crippen MR) is 89.8 cm³/mol. The Hall–Kier alpha value is -2.36. The first kappa shape index (κ1) is 19.4. The summed E-state index contributed by atoms with van der Waals surface area (Å²) in [5.74, 6) is 0.0501. The second-order valence-corrected chi connectivity index (χ2v) is 6.92. The van der Waals surface area contributed by atoms with E-state index in [1.54, 1.807) is 10.8 Å². The van der Waals surface area contributed by atoms with Gasteiger partial charge < -0.3 is 14.4 Å². The van der Waals surface area contributed by atoms with Gasteiger partial charge in [0.15, 0.2) is 0 Å². The van der Waals surface area contributed by atoms with Crippen LogP contribution >= 0.6 is 0 Å². The van der Waals surface area contributed by atoms with E-state index in [9.17, 15) is 18.0 Å². The maximum absolute atomic E-state index is 12.8. The molecule has 148 valence electrons. The van der Waals surface area contributed by atoms with Crippen molar-refractivity contribution in [3.63, 3.8) is 0 Å². The second-order valence-electron chi connectivity index (χ2n) is 6.92. The third-order valence-electron chi connectivity index (χ3n) is 4.98. The molecule has 1 saturated heterocycles. The fourth-order valence-electron chi connectivity index (χ4n) is 3.58. The largest absolute Gasteiger partial charge is 0.405 e. The maximum Gasteiger partial charge on any atom is 0.405 e. The molecule has 3 heterocycles. The molecule has 0 saturated carbocycles. The van der Waals surface area contributed by atoms with E-state index in [1.165, 1.54) is 12.5 Å². The molecule has 1 aliphatic heterocycles. The predicted octanol–water partition coefficient (Wildman–Crippen LogP) is 2.16. The van der Waals surface area contributed by atoms with Gasteiger partial charge in [0.2, 0.25) is 5.91 Å². The van der Waals surface area contributed by atoms with Crippen molar-refractivity contribution in [2.45, 2.75) is 44.9 Å². The summed E-state index contributed by atoms with van der Waals surface area (Å²) in [5.41, 5.74) is 0.568. The number of hydrogen-bond acceptors (Lipinski definition) is 5. The van der Waals surface area contributed by atoms with Crippen molar-refractivity contribution in [1.29, 1.82) is 0 Å². The lowest BCUT2D eigenvalue weighted by atomic mass is 9.87. The van der Waals surface area contributed by atoms with E-state index in [1.807, 2.05) is 18.7 Å². The highest BCUT2D eigenvalue weighted by Crippen LogP contribution is 2.31. The Labute approximate surface area is 154 Å². The molecule has 0 radical (unpaired) electrons. The van der Waals surface area contributed by atoms with Gasteiger partial charge in [0.1, 0.15) is 17.8 Å². The van der Waals surface area contributed by atoms with Gasteiger partial charge in [-0.3, -0.25) is 9.69 Å². The minimum atomic E-state index is -4.46. The molecule has 2 aromatic rings. The van der Waals surface area contributed by atoms with Gasteiger partial charge in [0.05, 0.1) is 12.0 Å². The van der Waals surface area contributed by atoms with Crippen molar-refractivity contribution in [1.82, 2.24) is 24.9 Å². The molecule has 1 N–H and O–H groups in total. The van der Waals surface area contributed by atoms with E-state index < -0.39 is 24.2 Å². The number of carbonyl (C=O) groups excluding carboxylic acids is 1. The molecule has 2 aromatic heterocycles. The molecule has 7 nitrogen and oxygen atoms in total. The number of amides is 1. The number of piperidine rings is 1. The van der Waals surface area contributed by atoms with Gasteiger partial charge in [-0.05, 0) is 33.2 Å². The van der Waals surface area contributed by atoms with Crippen LogP contribution in [-0.4, -0.2) is 51.3 Å². The monoisotopic (exact) mass is 385 g/mol. The highest BCUT2D eigenvalue weighted by Gasteiger charge is 2.45. The van der Waals surface area contributed by atoms with Crippen molar-refractivity contribution in [3.8, 4) is 0 Å². The zero-order valence-electron chi connectivity index (χ0n) is 15.2. The van der Waals surface area contributed by atoms with Crippen molar-refractivity contribution >= 4 is 5.91 Å². The number of imidazole rings is 1. The number of carbonyl (C=O) groups is 1.